The van der Waals surface area contributed by atoms with Crippen LogP contribution < -0.4 is 5.32 Å². The molecule has 0 saturated carbocycles. The zero-order valence-electron chi connectivity index (χ0n) is 15.6. The molecule has 150 valence electrons. The molecule has 0 amide bonds. The minimum absolute atomic E-state index is 0. The van der Waals surface area contributed by atoms with Crippen molar-refractivity contribution in [2.45, 2.75) is 19.5 Å². The van der Waals surface area contributed by atoms with Gasteiger partial charge in [-0.2, -0.15) is 0 Å². The lowest BCUT2D eigenvalue weighted by molar-refractivity contribution is 0.140. The first-order valence-electron chi connectivity index (χ1n) is 8.91. The van der Waals surface area contributed by atoms with E-state index in [-0.39, 0.29) is 36.7 Å². The Morgan fingerprint density at radius 1 is 1.18 bits per heavy atom. The van der Waals surface area contributed by atoms with Crippen LogP contribution in [0.5, 0.6) is 0 Å². The molecule has 0 radical (unpaired) electrons. The van der Waals surface area contributed by atoms with Crippen LogP contribution in [0.15, 0.2) is 59.1 Å². The Morgan fingerprint density at radius 3 is 2.71 bits per heavy atom. The Bertz CT molecular complexity index is 885. The maximum absolute atomic E-state index is 13.6. The van der Waals surface area contributed by atoms with Crippen LogP contribution in [0.1, 0.15) is 23.1 Å². The largest absolute Gasteiger partial charge is 0.439 e. The van der Waals surface area contributed by atoms with E-state index in [9.17, 15) is 4.39 Å². The predicted octanol–water partition coefficient (Wildman–Crippen LogP) is 4.78. The summed E-state index contributed by atoms with van der Waals surface area (Å²) in [5.74, 6) is 1.26. The molecule has 1 N–H and O–H groups in total. The zero-order valence-corrected chi connectivity index (χ0v) is 17.2. The van der Waals surface area contributed by atoms with Gasteiger partial charge in [0, 0.05) is 31.2 Å². The van der Waals surface area contributed by atoms with Gasteiger partial charge in [-0.3, -0.25) is 4.90 Å². The minimum Gasteiger partial charge on any atom is -0.439 e. The lowest BCUT2D eigenvalue weighted by atomic mass is 10.0. The summed E-state index contributed by atoms with van der Waals surface area (Å²) in [6.07, 6.45) is 1.78. The number of oxazole rings is 1. The molecule has 4 rings (SSSR count). The van der Waals surface area contributed by atoms with Gasteiger partial charge in [0.25, 0.3) is 0 Å². The Kier molecular flexibility index (Phi) is 8.01. The number of aromatic nitrogens is 1. The molecule has 1 aliphatic heterocycles. The third-order valence-electron chi connectivity index (χ3n) is 4.82. The lowest BCUT2D eigenvalue weighted by Crippen LogP contribution is -2.45. The summed E-state index contributed by atoms with van der Waals surface area (Å²) < 4.78 is 19.6. The van der Waals surface area contributed by atoms with Crippen molar-refractivity contribution in [3.8, 4) is 11.3 Å². The van der Waals surface area contributed by atoms with Crippen molar-refractivity contribution in [1.29, 1.82) is 0 Å². The molecule has 3 aromatic rings. The van der Waals surface area contributed by atoms with Crippen LogP contribution in [-0.4, -0.2) is 29.5 Å². The van der Waals surface area contributed by atoms with Gasteiger partial charge in [0.2, 0.25) is 5.89 Å². The van der Waals surface area contributed by atoms with E-state index >= 15 is 0 Å². The first-order valence-corrected chi connectivity index (χ1v) is 8.91. The fraction of sp³-hybridized carbons (Fsp3) is 0.286. The van der Waals surface area contributed by atoms with Crippen molar-refractivity contribution in [1.82, 2.24) is 15.2 Å². The van der Waals surface area contributed by atoms with Gasteiger partial charge in [-0.05, 0) is 24.6 Å². The SMILES string of the molecule is Cc1ccc(-c2cnc(CN3CCNCC3c3cccc(F)c3)o2)cc1.Cl.Cl. The van der Waals surface area contributed by atoms with Crippen LogP contribution in [0.4, 0.5) is 4.39 Å². The summed E-state index contributed by atoms with van der Waals surface area (Å²) in [5, 5.41) is 3.39. The van der Waals surface area contributed by atoms with Gasteiger partial charge < -0.3 is 9.73 Å². The van der Waals surface area contributed by atoms with Crippen molar-refractivity contribution in [2.75, 3.05) is 19.6 Å². The van der Waals surface area contributed by atoms with E-state index in [1.54, 1.807) is 18.3 Å². The molecule has 0 aliphatic carbocycles. The third-order valence-corrected chi connectivity index (χ3v) is 4.82. The Labute approximate surface area is 177 Å². The van der Waals surface area contributed by atoms with E-state index < -0.39 is 0 Å². The molecule has 1 atom stereocenters. The Balaban J connectivity index is 0.00000140. The maximum Gasteiger partial charge on any atom is 0.209 e. The second-order valence-electron chi connectivity index (χ2n) is 6.73. The molecule has 2 heterocycles. The first kappa shape index (κ1) is 22.4. The number of halogens is 3. The topological polar surface area (TPSA) is 41.3 Å². The molecular formula is C21H24Cl2FN3O. The van der Waals surface area contributed by atoms with Gasteiger partial charge in [0.15, 0.2) is 5.76 Å². The quantitative estimate of drug-likeness (QED) is 0.655. The second-order valence-corrected chi connectivity index (χ2v) is 6.73. The highest BCUT2D eigenvalue weighted by atomic mass is 35.5. The maximum atomic E-state index is 13.6. The number of piperazine rings is 1. The highest BCUT2D eigenvalue weighted by molar-refractivity contribution is 5.85. The number of nitrogens with zero attached hydrogens (tertiary/aromatic N) is 2. The van der Waals surface area contributed by atoms with Gasteiger partial charge in [0.1, 0.15) is 5.82 Å². The van der Waals surface area contributed by atoms with Crippen LogP contribution in [-0.2, 0) is 6.54 Å². The molecule has 0 bridgehead atoms. The normalized spacial score (nSPS) is 16.9. The zero-order chi connectivity index (χ0) is 17.9. The van der Waals surface area contributed by atoms with E-state index in [0.29, 0.717) is 12.4 Å². The molecule has 4 nitrogen and oxygen atoms in total. The minimum atomic E-state index is -0.203. The van der Waals surface area contributed by atoms with Crippen molar-refractivity contribution in [2.24, 2.45) is 0 Å². The monoisotopic (exact) mass is 423 g/mol. The summed E-state index contributed by atoms with van der Waals surface area (Å²) in [5.41, 5.74) is 3.21. The smallest absolute Gasteiger partial charge is 0.209 e. The van der Waals surface area contributed by atoms with E-state index in [0.717, 1.165) is 36.5 Å². The van der Waals surface area contributed by atoms with Crippen molar-refractivity contribution in [3.05, 3.63) is 77.6 Å². The Morgan fingerprint density at radius 2 is 1.96 bits per heavy atom. The van der Waals surface area contributed by atoms with Gasteiger partial charge in [0.05, 0.1) is 12.7 Å². The summed E-state index contributed by atoms with van der Waals surface area (Å²) in [4.78, 5) is 6.74. The van der Waals surface area contributed by atoms with Gasteiger partial charge >= 0.3 is 0 Å². The highest BCUT2D eigenvalue weighted by Gasteiger charge is 2.25. The van der Waals surface area contributed by atoms with Gasteiger partial charge in [-0.1, -0.05) is 42.0 Å². The van der Waals surface area contributed by atoms with Crippen LogP contribution in [0.3, 0.4) is 0 Å². The fourth-order valence-corrected chi connectivity index (χ4v) is 3.39. The summed E-state index contributed by atoms with van der Waals surface area (Å²) in [6.45, 7) is 5.22. The van der Waals surface area contributed by atoms with E-state index in [1.807, 2.05) is 18.2 Å². The second kappa shape index (κ2) is 10.0. The van der Waals surface area contributed by atoms with Crippen LogP contribution in [0.25, 0.3) is 11.3 Å². The predicted molar refractivity (Wildman–Crippen MR) is 114 cm³/mol. The molecule has 1 saturated heterocycles. The van der Waals surface area contributed by atoms with Crippen molar-refractivity contribution >= 4 is 24.8 Å². The Hall–Kier alpha value is -1.92. The average molecular weight is 424 g/mol. The molecule has 1 aromatic heterocycles. The number of nitrogens with one attached hydrogen (secondary N) is 1. The summed E-state index contributed by atoms with van der Waals surface area (Å²) >= 11 is 0. The molecule has 0 spiro atoms. The van der Waals surface area contributed by atoms with Gasteiger partial charge in [-0.15, -0.1) is 24.8 Å². The molecular weight excluding hydrogens is 400 g/mol. The van der Waals surface area contributed by atoms with E-state index in [4.69, 9.17) is 4.42 Å². The molecule has 7 heteroatoms. The van der Waals surface area contributed by atoms with E-state index in [2.05, 4.69) is 34.3 Å². The number of rotatable bonds is 4. The number of hydrogen-bond donors (Lipinski definition) is 1. The molecule has 1 aliphatic rings. The van der Waals surface area contributed by atoms with E-state index in [1.165, 1.54) is 11.6 Å². The van der Waals surface area contributed by atoms with Gasteiger partial charge in [-0.25, -0.2) is 9.37 Å². The average Bonchev–Trinajstić information content (AvgIpc) is 3.11. The molecule has 28 heavy (non-hydrogen) atoms. The van der Waals surface area contributed by atoms with Crippen LogP contribution in [0, 0.1) is 12.7 Å². The number of benzene rings is 2. The van der Waals surface area contributed by atoms with Crippen molar-refractivity contribution in [3.63, 3.8) is 0 Å². The summed E-state index contributed by atoms with van der Waals surface area (Å²) in [7, 11) is 0. The molecule has 2 aromatic carbocycles. The fourth-order valence-electron chi connectivity index (χ4n) is 3.39. The first-order chi connectivity index (χ1) is 12.7. The molecule has 1 fully saturated rings. The highest BCUT2D eigenvalue weighted by Crippen LogP contribution is 2.26. The molecule has 1 unspecified atom stereocenters. The third kappa shape index (κ3) is 5.11. The van der Waals surface area contributed by atoms with Crippen LogP contribution >= 0.6 is 24.8 Å². The van der Waals surface area contributed by atoms with Crippen molar-refractivity contribution < 1.29 is 8.81 Å². The standard InChI is InChI=1S/C21H22FN3O.2ClH/c1-15-5-7-16(8-6-15)20-13-24-21(26-20)14-25-10-9-23-12-19(25)17-3-2-4-18(22)11-17;;/h2-8,11,13,19,23H,9-10,12,14H2,1H3;2*1H. The number of hydrogen-bond acceptors (Lipinski definition) is 4. The summed E-state index contributed by atoms with van der Waals surface area (Å²) in [6, 6.07) is 15.1. The van der Waals surface area contributed by atoms with Crippen LogP contribution in [0.2, 0.25) is 0 Å². The lowest BCUT2D eigenvalue weighted by Gasteiger charge is -2.35. The number of aryl methyl sites for hydroxylation is 1.